The molecule has 2 aromatic rings. The van der Waals surface area contributed by atoms with E-state index in [0.29, 0.717) is 24.7 Å². The quantitative estimate of drug-likeness (QED) is 0.869. The molecule has 0 fully saturated rings. The molecule has 1 aliphatic heterocycles. The fourth-order valence-corrected chi connectivity index (χ4v) is 3.99. The summed E-state index contributed by atoms with van der Waals surface area (Å²) in [5.41, 5.74) is 0. The highest BCUT2D eigenvalue weighted by atomic mass is 32.2. The van der Waals surface area contributed by atoms with E-state index in [2.05, 4.69) is 6.07 Å². The van der Waals surface area contributed by atoms with Crippen LogP contribution in [0.3, 0.4) is 0 Å². The number of rotatable bonds is 4. The highest BCUT2D eigenvalue weighted by Crippen LogP contribution is 2.31. The maximum Gasteiger partial charge on any atom is 0.162 e. The number of benzene rings is 1. The molecule has 5 heteroatoms. The molecule has 0 radical (unpaired) electrons. The average Bonchev–Trinajstić information content (AvgIpc) is 2.88. The third-order valence-electron chi connectivity index (χ3n) is 3.10. The van der Waals surface area contributed by atoms with E-state index in [1.807, 2.05) is 29.6 Å². The van der Waals surface area contributed by atoms with E-state index in [1.54, 1.807) is 11.3 Å². The average molecular weight is 308 g/mol. The molecule has 3 nitrogen and oxygen atoms in total. The first-order chi connectivity index (χ1) is 9.83. The molecule has 1 aromatic carbocycles. The minimum atomic E-state index is -1.00. The summed E-state index contributed by atoms with van der Waals surface area (Å²) in [5, 5.41) is 2.05. The third kappa shape index (κ3) is 3.22. The van der Waals surface area contributed by atoms with Crippen molar-refractivity contribution in [3.05, 3.63) is 40.6 Å². The molecule has 0 N–H and O–H groups in total. The number of fused-ring (bicyclic) bond motifs is 1. The monoisotopic (exact) mass is 308 g/mol. The SMILES string of the molecule is O=[S@](CCc1cccs1)c1ccc2c(c1)OCCCO2. The van der Waals surface area contributed by atoms with Crippen molar-refractivity contribution in [3.63, 3.8) is 0 Å². The predicted octanol–water partition coefficient (Wildman–Crippen LogP) is 3.26. The van der Waals surface area contributed by atoms with Gasteiger partial charge >= 0.3 is 0 Å². The fraction of sp³-hybridized carbons (Fsp3) is 0.333. The van der Waals surface area contributed by atoms with Gasteiger partial charge < -0.3 is 9.47 Å². The summed E-state index contributed by atoms with van der Waals surface area (Å²) in [5.74, 6) is 2.10. The zero-order valence-electron chi connectivity index (χ0n) is 11.0. The van der Waals surface area contributed by atoms with Gasteiger partial charge in [0.15, 0.2) is 11.5 Å². The van der Waals surface area contributed by atoms with Crippen molar-refractivity contribution in [1.29, 1.82) is 0 Å². The Kier molecular flexibility index (Phi) is 4.38. The van der Waals surface area contributed by atoms with Gasteiger partial charge in [-0.05, 0) is 30.0 Å². The third-order valence-corrected chi connectivity index (χ3v) is 5.39. The van der Waals surface area contributed by atoms with Crippen LogP contribution in [0.1, 0.15) is 11.3 Å². The maximum absolute atomic E-state index is 12.3. The fourth-order valence-electron chi connectivity index (χ4n) is 2.05. The summed E-state index contributed by atoms with van der Waals surface area (Å²) >= 11 is 1.71. The molecule has 2 heterocycles. The van der Waals surface area contributed by atoms with Gasteiger partial charge in [-0.1, -0.05) is 6.07 Å². The summed E-state index contributed by atoms with van der Waals surface area (Å²) in [6.45, 7) is 1.33. The van der Waals surface area contributed by atoms with Crippen LogP contribution in [-0.4, -0.2) is 23.2 Å². The summed E-state index contributed by atoms with van der Waals surface area (Å²) < 4.78 is 23.5. The Morgan fingerprint density at radius 2 is 2.00 bits per heavy atom. The maximum atomic E-state index is 12.3. The Labute approximate surface area is 125 Å². The lowest BCUT2D eigenvalue weighted by molar-refractivity contribution is 0.297. The standard InChI is InChI=1S/C15H16O3S2/c16-20(10-6-12-3-1-9-19-12)13-4-5-14-15(11-13)18-8-2-7-17-14/h1,3-5,9,11H,2,6-8,10H2/t20-/m1/s1. The zero-order valence-corrected chi connectivity index (χ0v) is 12.7. The van der Waals surface area contributed by atoms with Crippen molar-refractivity contribution >= 4 is 22.1 Å². The van der Waals surface area contributed by atoms with Crippen LogP contribution < -0.4 is 9.47 Å². The van der Waals surface area contributed by atoms with Crippen LogP contribution in [0.4, 0.5) is 0 Å². The number of thiophene rings is 1. The second-order valence-electron chi connectivity index (χ2n) is 4.54. The Bertz CT molecular complexity index is 593. The molecule has 0 aliphatic carbocycles. The van der Waals surface area contributed by atoms with Crippen molar-refractivity contribution in [2.24, 2.45) is 0 Å². The molecule has 0 bridgehead atoms. The summed E-state index contributed by atoms with van der Waals surface area (Å²) in [6, 6.07) is 9.69. The highest BCUT2D eigenvalue weighted by Gasteiger charge is 2.13. The Hall–Kier alpha value is -1.33. The molecule has 0 unspecified atom stereocenters. The van der Waals surface area contributed by atoms with Crippen LogP contribution in [0.5, 0.6) is 11.5 Å². The van der Waals surface area contributed by atoms with Crippen LogP contribution in [0.15, 0.2) is 40.6 Å². The molecular formula is C15H16O3S2. The molecule has 1 atom stereocenters. The van der Waals surface area contributed by atoms with Gasteiger partial charge in [0, 0.05) is 28.0 Å². The molecule has 0 saturated heterocycles. The van der Waals surface area contributed by atoms with E-state index in [1.165, 1.54) is 4.88 Å². The van der Waals surface area contributed by atoms with E-state index in [9.17, 15) is 4.21 Å². The lowest BCUT2D eigenvalue weighted by Crippen LogP contribution is -2.01. The van der Waals surface area contributed by atoms with Gasteiger partial charge in [-0.15, -0.1) is 11.3 Å². The van der Waals surface area contributed by atoms with Crippen LogP contribution in [0.2, 0.25) is 0 Å². The second-order valence-corrected chi connectivity index (χ2v) is 7.14. The van der Waals surface area contributed by atoms with Gasteiger partial charge in [0.25, 0.3) is 0 Å². The van der Waals surface area contributed by atoms with E-state index < -0.39 is 10.8 Å². The van der Waals surface area contributed by atoms with E-state index >= 15 is 0 Å². The molecule has 1 aliphatic rings. The predicted molar refractivity (Wildman–Crippen MR) is 81.3 cm³/mol. The molecule has 0 spiro atoms. The highest BCUT2D eigenvalue weighted by molar-refractivity contribution is 7.85. The van der Waals surface area contributed by atoms with Crippen LogP contribution in [-0.2, 0) is 17.2 Å². The number of ether oxygens (including phenoxy) is 2. The second kappa shape index (κ2) is 6.41. The van der Waals surface area contributed by atoms with Gasteiger partial charge in [0.1, 0.15) is 0 Å². The summed E-state index contributed by atoms with van der Waals surface area (Å²) in [6.07, 6.45) is 1.73. The van der Waals surface area contributed by atoms with Crippen molar-refractivity contribution in [3.8, 4) is 11.5 Å². The summed E-state index contributed by atoms with van der Waals surface area (Å²) in [4.78, 5) is 2.08. The van der Waals surface area contributed by atoms with Crippen molar-refractivity contribution in [2.75, 3.05) is 19.0 Å². The number of aryl methyl sites for hydroxylation is 1. The van der Waals surface area contributed by atoms with Gasteiger partial charge in [-0.25, -0.2) is 0 Å². The first-order valence-electron chi connectivity index (χ1n) is 6.63. The van der Waals surface area contributed by atoms with Crippen LogP contribution in [0.25, 0.3) is 0 Å². The topological polar surface area (TPSA) is 35.5 Å². The lowest BCUT2D eigenvalue weighted by Gasteiger charge is -2.09. The van der Waals surface area contributed by atoms with Crippen LogP contribution in [0, 0.1) is 0 Å². The van der Waals surface area contributed by atoms with Crippen molar-refractivity contribution in [2.45, 2.75) is 17.7 Å². The Morgan fingerprint density at radius 3 is 2.80 bits per heavy atom. The molecule has 3 rings (SSSR count). The van der Waals surface area contributed by atoms with Gasteiger partial charge in [-0.3, -0.25) is 4.21 Å². The number of hydrogen-bond donors (Lipinski definition) is 0. The molecule has 0 amide bonds. The minimum absolute atomic E-state index is 0.639. The first kappa shape index (κ1) is 13.6. The van der Waals surface area contributed by atoms with E-state index in [0.717, 1.165) is 23.5 Å². The van der Waals surface area contributed by atoms with E-state index in [4.69, 9.17) is 9.47 Å². The zero-order chi connectivity index (χ0) is 13.8. The van der Waals surface area contributed by atoms with Crippen molar-refractivity contribution < 1.29 is 13.7 Å². The van der Waals surface area contributed by atoms with Gasteiger partial charge in [0.05, 0.1) is 24.0 Å². The van der Waals surface area contributed by atoms with Crippen molar-refractivity contribution in [1.82, 2.24) is 0 Å². The molecular weight excluding hydrogens is 292 g/mol. The smallest absolute Gasteiger partial charge is 0.162 e. The molecule has 0 saturated carbocycles. The molecule has 106 valence electrons. The lowest BCUT2D eigenvalue weighted by atomic mass is 10.3. The first-order valence-corrected chi connectivity index (χ1v) is 8.83. The van der Waals surface area contributed by atoms with Crippen LogP contribution >= 0.6 is 11.3 Å². The molecule has 1 aromatic heterocycles. The van der Waals surface area contributed by atoms with Gasteiger partial charge in [-0.2, -0.15) is 0 Å². The largest absolute Gasteiger partial charge is 0.490 e. The summed E-state index contributed by atoms with van der Waals surface area (Å²) in [7, 11) is -1.00. The van der Waals surface area contributed by atoms with E-state index in [-0.39, 0.29) is 0 Å². The molecule has 20 heavy (non-hydrogen) atoms. The minimum Gasteiger partial charge on any atom is -0.490 e. The Balaban J connectivity index is 1.70. The van der Waals surface area contributed by atoms with Gasteiger partial charge in [0.2, 0.25) is 0 Å². The normalized spacial score (nSPS) is 15.6. The Morgan fingerprint density at radius 1 is 1.15 bits per heavy atom. The number of hydrogen-bond acceptors (Lipinski definition) is 4.